The summed E-state index contributed by atoms with van der Waals surface area (Å²) in [6.07, 6.45) is -1.54. The van der Waals surface area contributed by atoms with Crippen LogP contribution in [-0.2, 0) is 0 Å². The number of rotatable bonds is 7. The average Bonchev–Trinajstić information content (AvgIpc) is 2.98. The minimum absolute atomic E-state index is 0.0408. The second-order valence-electron chi connectivity index (χ2n) is 10.8. The van der Waals surface area contributed by atoms with Crippen LogP contribution in [0.3, 0.4) is 0 Å². The fourth-order valence-electron chi connectivity index (χ4n) is 6.00. The monoisotopic (exact) mass is 508 g/mol. The Kier molecular flexibility index (Phi) is 6.86. The minimum Gasteiger partial charge on any atom is -0.284 e. The zero-order valence-corrected chi connectivity index (χ0v) is 21.9. The number of alkyl halides is 2. The molecule has 4 aromatic carbocycles. The molecular formula is C34H34F2N2. The maximum Gasteiger partial charge on any atom is 0.128 e. The fourth-order valence-corrected chi connectivity index (χ4v) is 6.00. The van der Waals surface area contributed by atoms with Crippen LogP contribution < -0.4 is 0 Å². The lowest BCUT2D eigenvalue weighted by Crippen LogP contribution is -2.57. The number of likely N-dealkylation sites (tertiary alicyclic amines) is 2. The van der Waals surface area contributed by atoms with Crippen molar-refractivity contribution in [3.8, 4) is 11.1 Å². The lowest BCUT2D eigenvalue weighted by molar-refractivity contribution is -0.0213. The second-order valence-corrected chi connectivity index (χ2v) is 10.8. The normalized spacial score (nSPS) is 25.3. The summed E-state index contributed by atoms with van der Waals surface area (Å²) in [6, 6.07) is 38.0. The van der Waals surface area contributed by atoms with Gasteiger partial charge in [-0.25, -0.2) is 8.78 Å². The van der Waals surface area contributed by atoms with E-state index in [1.54, 1.807) is 0 Å². The van der Waals surface area contributed by atoms with E-state index >= 15 is 0 Å². The van der Waals surface area contributed by atoms with Crippen molar-refractivity contribution >= 4 is 0 Å². The van der Waals surface area contributed by atoms with Gasteiger partial charge in [-0.05, 0) is 47.2 Å². The molecule has 194 valence electrons. The molecule has 38 heavy (non-hydrogen) atoms. The molecule has 2 aliphatic heterocycles. The molecule has 0 saturated carbocycles. The van der Waals surface area contributed by atoms with E-state index in [1.165, 1.54) is 22.3 Å². The van der Waals surface area contributed by atoms with Gasteiger partial charge in [-0.2, -0.15) is 0 Å². The summed E-state index contributed by atoms with van der Waals surface area (Å²) < 4.78 is 28.2. The Morgan fingerprint density at radius 3 is 1.11 bits per heavy atom. The SMILES string of the molecule is C[C@@H]1[C@H](F)CN1C(c1ccccc1)c1ccc(-c2ccc(C(c3ccccc3)N3C[C@H](F)[C@@H]3C)cc2)cc1. The molecule has 0 amide bonds. The maximum atomic E-state index is 14.1. The number of halogens is 2. The maximum absolute atomic E-state index is 14.1. The van der Waals surface area contributed by atoms with Gasteiger partial charge in [0.15, 0.2) is 0 Å². The molecule has 6 atom stereocenters. The topological polar surface area (TPSA) is 6.48 Å². The van der Waals surface area contributed by atoms with Crippen molar-refractivity contribution in [3.05, 3.63) is 131 Å². The Hall–Kier alpha value is -3.34. The molecule has 6 rings (SSSR count). The third kappa shape index (κ3) is 4.57. The first kappa shape index (κ1) is 25.0. The highest BCUT2D eigenvalue weighted by Gasteiger charge is 2.42. The molecule has 0 N–H and O–H groups in total. The third-order valence-electron chi connectivity index (χ3n) is 8.54. The molecule has 0 radical (unpaired) electrons. The Bertz CT molecular complexity index is 1230. The van der Waals surface area contributed by atoms with Gasteiger partial charge in [0, 0.05) is 25.2 Å². The molecule has 2 fully saturated rings. The largest absolute Gasteiger partial charge is 0.284 e. The van der Waals surface area contributed by atoms with Gasteiger partial charge >= 0.3 is 0 Å². The first-order chi connectivity index (χ1) is 18.5. The lowest BCUT2D eigenvalue weighted by atomic mass is 9.88. The number of hydrogen-bond donors (Lipinski definition) is 0. The summed E-state index contributed by atoms with van der Waals surface area (Å²) >= 11 is 0. The van der Waals surface area contributed by atoms with Crippen molar-refractivity contribution in [1.82, 2.24) is 9.80 Å². The van der Waals surface area contributed by atoms with Crippen molar-refractivity contribution < 1.29 is 8.78 Å². The van der Waals surface area contributed by atoms with E-state index in [2.05, 4.69) is 82.6 Å². The van der Waals surface area contributed by atoms with Gasteiger partial charge < -0.3 is 0 Å². The highest BCUT2D eigenvalue weighted by atomic mass is 19.1. The minimum atomic E-state index is -0.770. The molecule has 0 aliphatic carbocycles. The van der Waals surface area contributed by atoms with Crippen LogP contribution in [0.4, 0.5) is 8.78 Å². The Morgan fingerprint density at radius 1 is 0.500 bits per heavy atom. The summed E-state index contributed by atoms with van der Waals surface area (Å²) in [6.45, 7) is 4.87. The molecule has 2 unspecified atom stereocenters. The summed E-state index contributed by atoms with van der Waals surface area (Å²) in [5.41, 5.74) is 7.00. The number of nitrogens with zero attached hydrogens (tertiary/aromatic N) is 2. The molecule has 2 nitrogen and oxygen atoms in total. The molecule has 4 aromatic rings. The second kappa shape index (κ2) is 10.4. The highest BCUT2D eigenvalue weighted by molar-refractivity contribution is 5.64. The summed E-state index contributed by atoms with van der Waals surface area (Å²) in [4.78, 5) is 4.48. The molecule has 2 aliphatic rings. The van der Waals surface area contributed by atoms with Crippen molar-refractivity contribution in [2.24, 2.45) is 0 Å². The molecule has 2 saturated heterocycles. The van der Waals surface area contributed by atoms with Crippen molar-refractivity contribution in [3.63, 3.8) is 0 Å². The predicted octanol–water partition coefficient (Wildman–Crippen LogP) is 7.62. The zero-order valence-electron chi connectivity index (χ0n) is 21.9. The van der Waals surface area contributed by atoms with Gasteiger partial charge in [0.05, 0.1) is 12.1 Å². The smallest absolute Gasteiger partial charge is 0.128 e. The van der Waals surface area contributed by atoms with Crippen molar-refractivity contribution in [2.45, 2.75) is 50.4 Å². The first-order valence-electron chi connectivity index (χ1n) is 13.6. The lowest BCUT2D eigenvalue weighted by Gasteiger charge is -2.47. The number of hydrogen-bond acceptors (Lipinski definition) is 2. The van der Waals surface area contributed by atoms with Crippen LogP contribution in [0, 0.1) is 0 Å². The molecule has 0 aromatic heterocycles. The van der Waals surface area contributed by atoms with Crippen LogP contribution in [0.15, 0.2) is 109 Å². The van der Waals surface area contributed by atoms with E-state index < -0.39 is 12.3 Å². The molecule has 2 heterocycles. The molecule has 0 bridgehead atoms. The van der Waals surface area contributed by atoms with E-state index in [4.69, 9.17) is 0 Å². The van der Waals surface area contributed by atoms with Gasteiger partial charge in [0.2, 0.25) is 0 Å². The first-order valence-corrected chi connectivity index (χ1v) is 13.6. The molecule has 4 heteroatoms. The van der Waals surface area contributed by atoms with Crippen LogP contribution >= 0.6 is 0 Å². The van der Waals surface area contributed by atoms with Gasteiger partial charge in [0.1, 0.15) is 12.3 Å². The fraction of sp³-hybridized carbons (Fsp3) is 0.294. The zero-order chi connectivity index (χ0) is 26.2. The number of benzene rings is 4. The van der Waals surface area contributed by atoms with Crippen molar-refractivity contribution in [2.75, 3.05) is 13.1 Å². The van der Waals surface area contributed by atoms with E-state index in [-0.39, 0.29) is 24.2 Å². The van der Waals surface area contributed by atoms with Gasteiger partial charge in [-0.3, -0.25) is 9.80 Å². The Morgan fingerprint density at radius 2 is 0.816 bits per heavy atom. The Labute approximate surface area is 224 Å². The Balaban J connectivity index is 1.26. The standard InChI is InChI=1S/C34H34F2N2/c1-23-31(35)21-37(23)33(27-9-5-3-6-10-27)29-17-13-25(14-18-29)26-15-19-30(20-16-26)34(28-11-7-4-8-12-28)38-22-32(36)24(38)2/h3-20,23-24,31-34H,21-22H2,1-2H3/t23-,24+,31-,32+,33?,34?. The van der Waals surface area contributed by atoms with Crippen molar-refractivity contribution in [1.29, 1.82) is 0 Å². The summed E-state index contributed by atoms with van der Waals surface area (Å²) in [5.74, 6) is 0. The van der Waals surface area contributed by atoms with E-state index in [0.29, 0.717) is 13.1 Å². The van der Waals surface area contributed by atoms with Crippen LogP contribution in [0.2, 0.25) is 0 Å². The summed E-state index contributed by atoms with van der Waals surface area (Å²) in [7, 11) is 0. The summed E-state index contributed by atoms with van der Waals surface area (Å²) in [5, 5.41) is 0. The average molecular weight is 509 g/mol. The van der Waals surface area contributed by atoms with Crippen LogP contribution in [-0.4, -0.2) is 47.3 Å². The van der Waals surface area contributed by atoms with E-state index in [1.807, 2.05) is 50.2 Å². The highest BCUT2D eigenvalue weighted by Crippen LogP contribution is 2.39. The molecule has 0 spiro atoms. The van der Waals surface area contributed by atoms with Crippen LogP contribution in [0.1, 0.15) is 48.2 Å². The van der Waals surface area contributed by atoms with Gasteiger partial charge in [0.25, 0.3) is 0 Å². The van der Waals surface area contributed by atoms with Gasteiger partial charge in [-0.15, -0.1) is 0 Å². The quantitative estimate of drug-likeness (QED) is 0.253. The van der Waals surface area contributed by atoms with E-state index in [9.17, 15) is 8.78 Å². The molecular weight excluding hydrogens is 474 g/mol. The van der Waals surface area contributed by atoms with Crippen LogP contribution in [0.25, 0.3) is 11.1 Å². The predicted molar refractivity (Wildman–Crippen MR) is 151 cm³/mol. The third-order valence-corrected chi connectivity index (χ3v) is 8.54. The van der Waals surface area contributed by atoms with Gasteiger partial charge in [-0.1, -0.05) is 109 Å². The van der Waals surface area contributed by atoms with E-state index in [0.717, 1.165) is 11.1 Å². The van der Waals surface area contributed by atoms with Crippen LogP contribution in [0.5, 0.6) is 0 Å².